The zero-order valence-electron chi connectivity index (χ0n) is 9.97. The summed E-state index contributed by atoms with van der Waals surface area (Å²) in [5.74, 6) is -1.67. The zero-order valence-corrected chi connectivity index (χ0v) is 9.97. The summed E-state index contributed by atoms with van der Waals surface area (Å²) in [6.45, 7) is 1.89. The van der Waals surface area contributed by atoms with Crippen molar-refractivity contribution in [2.75, 3.05) is 6.61 Å². The molecule has 0 amide bonds. The molecular weight excluding hydrogens is 234 g/mol. The first-order valence-corrected chi connectivity index (χ1v) is 5.50. The summed E-state index contributed by atoms with van der Waals surface area (Å²) in [6, 6.07) is 6.23. The normalized spacial score (nSPS) is 9.56. The first-order chi connectivity index (χ1) is 8.60. The molecule has 1 rings (SSSR count). The van der Waals surface area contributed by atoms with E-state index in [2.05, 4.69) is 0 Å². The predicted molar refractivity (Wildman–Crippen MR) is 63.3 cm³/mol. The maximum Gasteiger partial charge on any atom is 0.338 e. The molecule has 0 spiro atoms. The van der Waals surface area contributed by atoms with E-state index in [1.54, 1.807) is 13.0 Å². The van der Waals surface area contributed by atoms with E-state index in [-0.39, 0.29) is 24.2 Å². The number of nitrogens with zero attached hydrogens (tertiary/aromatic N) is 1. The number of carboxylic acids is 1. The molecule has 0 aliphatic heterocycles. The number of nitriles is 1. The van der Waals surface area contributed by atoms with Crippen LogP contribution < -0.4 is 0 Å². The molecule has 0 aromatic heterocycles. The largest absolute Gasteiger partial charge is 0.478 e. The number of carboxylic acid groups (broad SMARTS) is 1. The van der Waals surface area contributed by atoms with Gasteiger partial charge in [0.2, 0.25) is 0 Å². The van der Waals surface area contributed by atoms with Gasteiger partial charge in [-0.1, -0.05) is 6.07 Å². The molecule has 0 fully saturated rings. The summed E-state index contributed by atoms with van der Waals surface area (Å²) in [7, 11) is 0. The summed E-state index contributed by atoms with van der Waals surface area (Å²) in [5.41, 5.74) is 0.866. The SMILES string of the molecule is CCOC(=O)c1cc(C(=O)O)ccc1CCC#N. The lowest BCUT2D eigenvalue weighted by atomic mass is 10.0. The third-order valence-electron chi connectivity index (χ3n) is 2.36. The first-order valence-electron chi connectivity index (χ1n) is 5.50. The highest BCUT2D eigenvalue weighted by atomic mass is 16.5. The third-order valence-corrected chi connectivity index (χ3v) is 2.36. The first kappa shape index (κ1) is 13.7. The average molecular weight is 247 g/mol. The molecule has 18 heavy (non-hydrogen) atoms. The van der Waals surface area contributed by atoms with Crippen LogP contribution in [-0.4, -0.2) is 23.7 Å². The molecule has 0 radical (unpaired) electrons. The van der Waals surface area contributed by atoms with E-state index in [9.17, 15) is 9.59 Å². The quantitative estimate of drug-likeness (QED) is 0.804. The van der Waals surface area contributed by atoms with Crippen LogP contribution in [0.25, 0.3) is 0 Å². The average Bonchev–Trinajstić information content (AvgIpc) is 2.36. The number of benzene rings is 1. The van der Waals surface area contributed by atoms with Crippen molar-refractivity contribution in [1.82, 2.24) is 0 Å². The number of esters is 1. The van der Waals surface area contributed by atoms with Crippen LogP contribution >= 0.6 is 0 Å². The van der Waals surface area contributed by atoms with E-state index < -0.39 is 11.9 Å². The van der Waals surface area contributed by atoms with E-state index in [1.807, 2.05) is 6.07 Å². The number of ether oxygens (including phenoxy) is 1. The molecule has 1 N–H and O–H groups in total. The number of hydrogen-bond acceptors (Lipinski definition) is 4. The number of aromatic carboxylic acids is 1. The molecule has 0 bridgehead atoms. The van der Waals surface area contributed by atoms with Crippen molar-refractivity contribution in [3.05, 3.63) is 34.9 Å². The Morgan fingerprint density at radius 2 is 2.17 bits per heavy atom. The van der Waals surface area contributed by atoms with Gasteiger partial charge in [0.25, 0.3) is 0 Å². The van der Waals surface area contributed by atoms with E-state index >= 15 is 0 Å². The number of rotatable bonds is 5. The van der Waals surface area contributed by atoms with E-state index in [0.717, 1.165) is 0 Å². The summed E-state index contributed by atoms with van der Waals surface area (Å²) in [6.07, 6.45) is 0.656. The molecule has 0 saturated heterocycles. The van der Waals surface area contributed by atoms with Gasteiger partial charge in [-0.05, 0) is 31.0 Å². The Hall–Kier alpha value is -2.35. The Morgan fingerprint density at radius 3 is 2.72 bits per heavy atom. The molecule has 94 valence electrons. The maximum atomic E-state index is 11.7. The van der Waals surface area contributed by atoms with Crippen LogP contribution in [0.4, 0.5) is 0 Å². The van der Waals surface area contributed by atoms with Crippen molar-refractivity contribution in [2.24, 2.45) is 0 Å². The van der Waals surface area contributed by atoms with Gasteiger partial charge in [0.15, 0.2) is 0 Å². The van der Waals surface area contributed by atoms with Crippen LogP contribution in [0.1, 0.15) is 39.6 Å². The van der Waals surface area contributed by atoms with E-state index in [0.29, 0.717) is 12.0 Å². The monoisotopic (exact) mass is 247 g/mol. The molecule has 0 aliphatic rings. The van der Waals surface area contributed by atoms with Crippen molar-refractivity contribution < 1.29 is 19.4 Å². The van der Waals surface area contributed by atoms with Gasteiger partial charge in [-0.25, -0.2) is 9.59 Å². The van der Waals surface area contributed by atoms with Gasteiger partial charge in [0.05, 0.1) is 23.8 Å². The summed E-state index contributed by atoms with van der Waals surface area (Å²) in [4.78, 5) is 22.6. The number of carbonyl (C=O) groups excluding carboxylic acids is 1. The minimum Gasteiger partial charge on any atom is -0.478 e. The molecule has 0 aliphatic carbocycles. The highest BCUT2D eigenvalue weighted by Crippen LogP contribution is 2.15. The van der Waals surface area contributed by atoms with Gasteiger partial charge < -0.3 is 9.84 Å². The van der Waals surface area contributed by atoms with Crippen molar-refractivity contribution in [3.8, 4) is 6.07 Å². The van der Waals surface area contributed by atoms with Gasteiger partial charge in [0.1, 0.15) is 0 Å². The van der Waals surface area contributed by atoms with Gasteiger partial charge >= 0.3 is 11.9 Å². The zero-order chi connectivity index (χ0) is 13.5. The van der Waals surface area contributed by atoms with Gasteiger partial charge in [-0.15, -0.1) is 0 Å². The summed E-state index contributed by atoms with van der Waals surface area (Å²) in [5, 5.41) is 17.4. The minimum absolute atomic E-state index is 0.0266. The Morgan fingerprint density at radius 1 is 1.44 bits per heavy atom. The predicted octanol–water partition coefficient (Wildman–Crippen LogP) is 2.02. The smallest absolute Gasteiger partial charge is 0.338 e. The van der Waals surface area contributed by atoms with Crippen LogP contribution in [0.2, 0.25) is 0 Å². The summed E-state index contributed by atoms with van der Waals surface area (Å²) >= 11 is 0. The Bertz CT molecular complexity index is 502. The van der Waals surface area contributed by atoms with Crippen molar-refractivity contribution in [1.29, 1.82) is 5.26 Å². The fourth-order valence-electron chi connectivity index (χ4n) is 1.52. The Kier molecular flexibility index (Phi) is 4.88. The maximum absolute atomic E-state index is 11.7. The second-order valence-electron chi connectivity index (χ2n) is 3.56. The van der Waals surface area contributed by atoms with Crippen LogP contribution in [0, 0.1) is 11.3 Å². The molecule has 0 heterocycles. The van der Waals surface area contributed by atoms with Gasteiger partial charge in [0, 0.05) is 6.42 Å². The topological polar surface area (TPSA) is 87.4 Å². The molecule has 0 unspecified atom stereocenters. The fraction of sp³-hybridized carbons (Fsp3) is 0.308. The summed E-state index contributed by atoms with van der Waals surface area (Å²) < 4.78 is 4.87. The minimum atomic E-state index is -1.10. The van der Waals surface area contributed by atoms with Crippen molar-refractivity contribution in [2.45, 2.75) is 19.8 Å². The standard InChI is InChI=1S/C13H13NO4/c1-2-18-13(17)11-8-10(12(15)16)6-5-9(11)4-3-7-14/h5-6,8H,2-4H2,1H3,(H,15,16). The molecule has 1 aromatic rings. The van der Waals surface area contributed by atoms with Crippen LogP contribution in [0.5, 0.6) is 0 Å². The number of hydrogen-bond donors (Lipinski definition) is 1. The van der Waals surface area contributed by atoms with Crippen LogP contribution in [0.15, 0.2) is 18.2 Å². The highest BCUT2D eigenvalue weighted by Gasteiger charge is 2.15. The molecule has 0 atom stereocenters. The molecule has 0 saturated carbocycles. The molecule has 1 aromatic carbocycles. The van der Waals surface area contributed by atoms with Crippen LogP contribution in [0.3, 0.4) is 0 Å². The molecular formula is C13H13NO4. The lowest BCUT2D eigenvalue weighted by molar-refractivity contribution is 0.0525. The van der Waals surface area contributed by atoms with Crippen molar-refractivity contribution >= 4 is 11.9 Å². The van der Waals surface area contributed by atoms with Crippen molar-refractivity contribution in [3.63, 3.8) is 0 Å². The second-order valence-corrected chi connectivity index (χ2v) is 3.56. The lowest BCUT2D eigenvalue weighted by Gasteiger charge is -2.08. The fourth-order valence-corrected chi connectivity index (χ4v) is 1.52. The number of aryl methyl sites for hydroxylation is 1. The lowest BCUT2D eigenvalue weighted by Crippen LogP contribution is -2.10. The van der Waals surface area contributed by atoms with Crippen LogP contribution in [-0.2, 0) is 11.2 Å². The highest BCUT2D eigenvalue weighted by molar-refractivity contribution is 5.95. The van der Waals surface area contributed by atoms with Gasteiger partial charge in [-0.2, -0.15) is 5.26 Å². The molecule has 5 nitrogen and oxygen atoms in total. The Labute approximate surface area is 105 Å². The molecule has 5 heteroatoms. The number of carbonyl (C=O) groups is 2. The van der Waals surface area contributed by atoms with E-state index in [4.69, 9.17) is 15.1 Å². The Balaban J connectivity index is 3.13. The van der Waals surface area contributed by atoms with Gasteiger partial charge in [-0.3, -0.25) is 0 Å². The second kappa shape index (κ2) is 6.40. The van der Waals surface area contributed by atoms with E-state index in [1.165, 1.54) is 12.1 Å². The third kappa shape index (κ3) is 3.32.